The number of aliphatic hydroxyl groups excluding tert-OH is 1. The van der Waals surface area contributed by atoms with Crippen molar-refractivity contribution in [2.45, 2.75) is 31.7 Å². The van der Waals surface area contributed by atoms with Crippen molar-refractivity contribution in [2.24, 2.45) is 17.8 Å². The van der Waals surface area contributed by atoms with Crippen LogP contribution in [0.25, 0.3) is 0 Å². The molecule has 1 aromatic rings. The molecule has 2 saturated carbocycles. The molecule has 0 heterocycles. The van der Waals surface area contributed by atoms with E-state index in [0.29, 0.717) is 24.0 Å². The van der Waals surface area contributed by atoms with E-state index in [9.17, 15) is 23.1 Å². The lowest BCUT2D eigenvalue weighted by molar-refractivity contribution is -0.122. The Morgan fingerprint density at radius 2 is 1.82 bits per heavy atom. The first-order valence-electron chi connectivity index (χ1n) is 7.53. The topological polar surface area (TPSA) is 49.3 Å². The fourth-order valence-corrected chi connectivity index (χ4v) is 4.01. The molecule has 2 aliphatic rings. The maximum absolute atomic E-state index is 13.6. The second kappa shape index (κ2) is 5.91. The molecule has 2 fully saturated rings. The molecule has 0 radical (unpaired) electrons. The van der Waals surface area contributed by atoms with E-state index < -0.39 is 23.4 Å². The maximum Gasteiger partial charge on any atom is 0.224 e. The summed E-state index contributed by atoms with van der Waals surface area (Å²) in [5.41, 5.74) is -0.167. The Morgan fingerprint density at radius 1 is 1.14 bits per heavy atom. The normalized spacial score (nSPS) is 29.8. The number of hydrogen-bond donors (Lipinski definition) is 2. The SMILES string of the molecule is O=C(Cc1cc(F)c(F)cc1F)NC1C2CCC(C2)C1CO. The number of carbonyl (C=O) groups is 1. The number of nitrogens with one attached hydrogen (secondary N) is 1. The Bertz CT molecular complexity index is 593. The number of benzene rings is 1. The zero-order chi connectivity index (χ0) is 15.9. The predicted octanol–water partition coefficient (Wildman–Crippen LogP) is 2.17. The molecular weight excluding hydrogens is 295 g/mol. The lowest BCUT2D eigenvalue weighted by Gasteiger charge is -2.30. The zero-order valence-electron chi connectivity index (χ0n) is 12.0. The third kappa shape index (κ3) is 2.72. The second-order valence-electron chi connectivity index (χ2n) is 6.31. The molecule has 120 valence electrons. The number of fused-ring (bicyclic) bond motifs is 2. The third-order valence-electron chi connectivity index (χ3n) is 5.07. The number of amides is 1. The minimum atomic E-state index is -1.27. The Balaban J connectivity index is 1.67. The first kappa shape index (κ1) is 15.3. The molecule has 0 aromatic heterocycles. The summed E-state index contributed by atoms with van der Waals surface area (Å²) < 4.78 is 39.6. The second-order valence-corrected chi connectivity index (χ2v) is 6.31. The van der Waals surface area contributed by atoms with Gasteiger partial charge in [0.1, 0.15) is 5.82 Å². The summed E-state index contributed by atoms with van der Waals surface area (Å²) in [6.45, 7) is 0.0195. The van der Waals surface area contributed by atoms with E-state index in [1.54, 1.807) is 0 Å². The van der Waals surface area contributed by atoms with Gasteiger partial charge in [-0.3, -0.25) is 4.79 Å². The van der Waals surface area contributed by atoms with Crippen LogP contribution >= 0.6 is 0 Å². The number of rotatable bonds is 4. The molecule has 0 spiro atoms. The standard InChI is InChI=1S/C16H18F3NO2/c17-12-6-14(19)13(18)4-10(12)5-15(22)20-16-9-2-1-8(3-9)11(16)7-21/h4,6,8-9,11,16,21H,1-3,5,7H2,(H,20,22). The van der Waals surface area contributed by atoms with Crippen molar-refractivity contribution >= 4 is 5.91 Å². The van der Waals surface area contributed by atoms with E-state index in [-0.39, 0.29) is 30.6 Å². The molecule has 2 bridgehead atoms. The summed E-state index contributed by atoms with van der Waals surface area (Å²) in [4.78, 5) is 12.1. The van der Waals surface area contributed by atoms with Gasteiger partial charge in [0.25, 0.3) is 0 Å². The van der Waals surface area contributed by atoms with Crippen LogP contribution < -0.4 is 5.32 Å². The molecule has 6 heteroatoms. The highest BCUT2D eigenvalue weighted by Crippen LogP contribution is 2.48. The van der Waals surface area contributed by atoms with Gasteiger partial charge in [0.05, 0.1) is 6.42 Å². The van der Waals surface area contributed by atoms with Crippen molar-refractivity contribution in [2.75, 3.05) is 6.61 Å². The van der Waals surface area contributed by atoms with Crippen molar-refractivity contribution in [1.82, 2.24) is 5.32 Å². The molecule has 4 unspecified atom stereocenters. The average molecular weight is 313 g/mol. The van der Waals surface area contributed by atoms with E-state index in [2.05, 4.69) is 5.32 Å². The quantitative estimate of drug-likeness (QED) is 0.837. The summed E-state index contributed by atoms with van der Waals surface area (Å²) in [5.74, 6) is -2.98. The van der Waals surface area contributed by atoms with Crippen molar-refractivity contribution in [1.29, 1.82) is 0 Å². The fourth-order valence-electron chi connectivity index (χ4n) is 4.01. The van der Waals surface area contributed by atoms with Gasteiger partial charge in [0, 0.05) is 30.2 Å². The van der Waals surface area contributed by atoms with Crippen LogP contribution in [0.1, 0.15) is 24.8 Å². The monoisotopic (exact) mass is 313 g/mol. The van der Waals surface area contributed by atoms with Crippen molar-refractivity contribution < 1.29 is 23.1 Å². The molecule has 4 atom stereocenters. The molecule has 3 nitrogen and oxygen atoms in total. The van der Waals surface area contributed by atoms with Crippen LogP contribution in [0.15, 0.2) is 12.1 Å². The lowest BCUT2D eigenvalue weighted by atomic mass is 9.85. The van der Waals surface area contributed by atoms with Gasteiger partial charge in [0.15, 0.2) is 11.6 Å². The van der Waals surface area contributed by atoms with Crippen LogP contribution in [0.5, 0.6) is 0 Å². The van der Waals surface area contributed by atoms with E-state index in [1.165, 1.54) is 0 Å². The average Bonchev–Trinajstić information content (AvgIpc) is 3.05. The van der Waals surface area contributed by atoms with Crippen LogP contribution in [0.2, 0.25) is 0 Å². The molecule has 1 amide bonds. The van der Waals surface area contributed by atoms with Crippen molar-refractivity contribution in [3.63, 3.8) is 0 Å². The van der Waals surface area contributed by atoms with E-state index in [0.717, 1.165) is 19.3 Å². The van der Waals surface area contributed by atoms with Crippen LogP contribution in [0.3, 0.4) is 0 Å². The Kier molecular flexibility index (Phi) is 4.12. The molecule has 22 heavy (non-hydrogen) atoms. The highest BCUT2D eigenvalue weighted by Gasteiger charge is 2.47. The Morgan fingerprint density at radius 3 is 2.55 bits per heavy atom. The molecule has 0 saturated heterocycles. The van der Waals surface area contributed by atoms with E-state index >= 15 is 0 Å². The number of aliphatic hydroxyl groups is 1. The van der Waals surface area contributed by atoms with Crippen LogP contribution in [-0.4, -0.2) is 23.7 Å². The van der Waals surface area contributed by atoms with Crippen molar-refractivity contribution in [3.05, 3.63) is 35.1 Å². The molecule has 0 aliphatic heterocycles. The molecule has 1 aromatic carbocycles. The van der Waals surface area contributed by atoms with E-state index in [4.69, 9.17) is 0 Å². The summed E-state index contributed by atoms with van der Waals surface area (Å²) >= 11 is 0. The van der Waals surface area contributed by atoms with Gasteiger partial charge in [-0.05, 0) is 37.2 Å². The minimum Gasteiger partial charge on any atom is -0.396 e. The predicted molar refractivity (Wildman–Crippen MR) is 73.4 cm³/mol. The first-order chi connectivity index (χ1) is 10.5. The smallest absolute Gasteiger partial charge is 0.224 e. The van der Waals surface area contributed by atoms with Gasteiger partial charge in [0.2, 0.25) is 5.91 Å². The summed E-state index contributed by atoms with van der Waals surface area (Å²) in [6.07, 6.45) is 2.75. The number of hydrogen-bond acceptors (Lipinski definition) is 2. The molecular formula is C16H18F3NO2. The van der Waals surface area contributed by atoms with Gasteiger partial charge >= 0.3 is 0 Å². The summed E-state index contributed by atoms with van der Waals surface area (Å²) in [5, 5.41) is 12.3. The van der Waals surface area contributed by atoms with Gasteiger partial charge in [-0.15, -0.1) is 0 Å². The van der Waals surface area contributed by atoms with Gasteiger partial charge in [-0.25, -0.2) is 13.2 Å². The molecule has 3 rings (SSSR count). The summed E-state index contributed by atoms with van der Waals surface area (Å²) in [6, 6.07) is 1.06. The third-order valence-corrected chi connectivity index (χ3v) is 5.07. The highest BCUT2D eigenvalue weighted by atomic mass is 19.2. The van der Waals surface area contributed by atoms with Gasteiger partial charge < -0.3 is 10.4 Å². The number of carbonyl (C=O) groups excluding carboxylic acids is 1. The maximum atomic E-state index is 13.6. The van der Waals surface area contributed by atoms with E-state index in [1.807, 2.05) is 0 Å². The Hall–Kier alpha value is -1.56. The summed E-state index contributed by atoms with van der Waals surface area (Å²) in [7, 11) is 0. The fraction of sp³-hybridized carbons (Fsp3) is 0.562. The lowest BCUT2D eigenvalue weighted by Crippen LogP contribution is -2.45. The highest BCUT2D eigenvalue weighted by molar-refractivity contribution is 5.79. The van der Waals surface area contributed by atoms with Crippen LogP contribution in [0.4, 0.5) is 13.2 Å². The zero-order valence-corrected chi connectivity index (χ0v) is 12.0. The number of halogens is 3. The van der Waals surface area contributed by atoms with Gasteiger partial charge in [-0.1, -0.05) is 0 Å². The first-order valence-corrected chi connectivity index (χ1v) is 7.53. The van der Waals surface area contributed by atoms with Gasteiger partial charge in [-0.2, -0.15) is 0 Å². The minimum absolute atomic E-state index is 0.0195. The molecule has 2 aliphatic carbocycles. The van der Waals surface area contributed by atoms with Crippen LogP contribution in [0, 0.1) is 35.2 Å². The van der Waals surface area contributed by atoms with Crippen LogP contribution in [-0.2, 0) is 11.2 Å². The Labute approximate surface area is 126 Å². The van der Waals surface area contributed by atoms with Crippen molar-refractivity contribution in [3.8, 4) is 0 Å². The largest absolute Gasteiger partial charge is 0.396 e. The molecule has 2 N–H and O–H groups in total.